The van der Waals surface area contributed by atoms with E-state index in [4.69, 9.17) is 0 Å². The number of nitrogens with one attached hydrogen (secondary N) is 1. The van der Waals surface area contributed by atoms with E-state index in [0.29, 0.717) is 12.1 Å². The molecule has 5 heteroatoms. The highest BCUT2D eigenvalue weighted by Crippen LogP contribution is 2.17. The first-order valence-electron chi connectivity index (χ1n) is 6.18. The minimum Gasteiger partial charge on any atom is -0.385 e. The summed E-state index contributed by atoms with van der Waals surface area (Å²) in [6.45, 7) is 3.40. The molecule has 0 fully saturated rings. The maximum atomic E-state index is 12.4. The number of carbonyl (C=O) groups excluding carboxylic acids is 1. The zero-order chi connectivity index (χ0) is 13.7. The zero-order valence-corrected chi connectivity index (χ0v) is 11.9. The molecule has 4 nitrogen and oxygen atoms in total. The number of aromatic nitrogens is 1. The molecule has 0 radical (unpaired) electrons. The van der Waals surface area contributed by atoms with Crippen LogP contribution < -0.4 is 5.32 Å². The van der Waals surface area contributed by atoms with Crippen molar-refractivity contribution in [1.29, 1.82) is 0 Å². The molecule has 1 amide bonds. The number of hydrogen-bond acceptors (Lipinski definition) is 4. The maximum absolute atomic E-state index is 12.4. The SMILES string of the molecule is CCNc1ccncc1C(=O)N(C)Cc1cccs1. The fraction of sp³-hybridized carbons (Fsp3) is 0.286. The number of rotatable bonds is 5. The highest BCUT2D eigenvalue weighted by atomic mass is 32.1. The third-order valence-corrected chi connectivity index (χ3v) is 3.60. The number of anilines is 1. The summed E-state index contributed by atoms with van der Waals surface area (Å²) in [5, 5.41) is 5.20. The molecule has 0 spiro atoms. The molecule has 2 rings (SSSR count). The molecule has 1 N–H and O–H groups in total. The summed E-state index contributed by atoms with van der Waals surface area (Å²) in [7, 11) is 1.81. The van der Waals surface area contributed by atoms with Crippen LogP contribution in [0.5, 0.6) is 0 Å². The molecular weight excluding hydrogens is 258 g/mol. The van der Waals surface area contributed by atoms with Gasteiger partial charge in [-0.1, -0.05) is 6.07 Å². The Morgan fingerprint density at radius 2 is 2.32 bits per heavy atom. The van der Waals surface area contributed by atoms with E-state index in [9.17, 15) is 4.79 Å². The summed E-state index contributed by atoms with van der Waals surface area (Å²) in [4.78, 5) is 19.3. The zero-order valence-electron chi connectivity index (χ0n) is 11.1. The normalized spacial score (nSPS) is 10.2. The Labute approximate surface area is 117 Å². The molecule has 0 aliphatic rings. The van der Waals surface area contributed by atoms with Crippen molar-refractivity contribution in [3.8, 4) is 0 Å². The van der Waals surface area contributed by atoms with Gasteiger partial charge in [-0.05, 0) is 24.4 Å². The van der Waals surface area contributed by atoms with Crippen molar-refractivity contribution in [3.63, 3.8) is 0 Å². The standard InChI is InChI=1S/C14H17N3OS/c1-3-16-13-6-7-15-9-12(13)14(18)17(2)10-11-5-4-8-19-11/h4-9H,3,10H2,1-2H3,(H,15,16). The first-order chi connectivity index (χ1) is 9.22. The Bertz CT molecular complexity index is 539. The topological polar surface area (TPSA) is 45.2 Å². The van der Waals surface area contributed by atoms with E-state index >= 15 is 0 Å². The van der Waals surface area contributed by atoms with Gasteiger partial charge in [-0.15, -0.1) is 11.3 Å². The molecule has 2 heterocycles. The van der Waals surface area contributed by atoms with Crippen molar-refractivity contribution in [2.75, 3.05) is 18.9 Å². The minimum atomic E-state index is -0.0162. The van der Waals surface area contributed by atoms with Crippen molar-refractivity contribution in [2.45, 2.75) is 13.5 Å². The lowest BCUT2D eigenvalue weighted by Gasteiger charge is -2.18. The van der Waals surface area contributed by atoms with E-state index in [1.807, 2.05) is 37.6 Å². The van der Waals surface area contributed by atoms with Gasteiger partial charge in [0.05, 0.1) is 17.8 Å². The van der Waals surface area contributed by atoms with Gasteiger partial charge in [0.25, 0.3) is 5.91 Å². The Balaban J connectivity index is 2.14. The van der Waals surface area contributed by atoms with Crippen LogP contribution in [0.3, 0.4) is 0 Å². The van der Waals surface area contributed by atoms with E-state index in [1.165, 1.54) is 4.88 Å². The monoisotopic (exact) mass is 275 g/mol. The first kappa shape index (κ1) is 13.5. The van der Waals surface area contributed by atoms with Gasteiger partial charge in [0.2, 0.25) is 0 Å². The Kier molecular flexibility index (Phi) is 4.52. The number of nitrogens with zero attached hydrogens (tertiary/aromatic N) is 2. The maximum Gasteiger partial charge on any atom is 0.257 e. The van der Waals surface area contributed by atoms with Crippen molar-refractivity contribution >= 4 is 22.9 Å². The molecule has 0 aromatic carbocycles. The third-order valence-electron chi connectivity index (χ3n) is 2.74. The third kappa shape index (κ3) is 3.32. The largest absolute Gasteiger partial charge is 0.385 e. The van der Waals surface area contributed by atoms with Crippen LogP contribution in [0.2, 0.25) is 0 Å². The van der Waals surface area contributed by atoms with Gasteiger partial charge in [-0.25, -0.2) is 0 Å². The second-order valence-corrected chi connectivity index (χ2v) is 5.22. The van der Waals surface area contributed by atoms with Crippen molar-refractivity contribution in [2.24, 2.45) is 0 Å². The van der Waals surface area contributed by atoms with Gasteiger partial charge >= 0.3 is 0 Å². The molecule has 0 aliphatic carbocycles. The van der Waals surface area contributed by atoms with Crippen LogP contribution in [-0.2, 0) is 6.54 Å². The highest BCUT2D eigenvalue weighted by Gasteiger charge is 2.16. The summed E-state index contributed by atoms with van der Waals surface area (Å²) in [5.41, 5.74) is 1.45. The summed E-state index contributed by atoms with van der Waals surface area (Å²) >= 11 is 1.65. The lowest BCUT2D eigenvalue weighted by molar-refractivity contribution is 0.0787. The second-order valence-electron chi connectivity index (χ2n) is 4.19. The molecule has 0 saturated heterocycles. The van der Waals surface area contributed by atoms with Crippen LogP contribution in [0.25, 0.3) is 0 Å². The molecule has 0 saturated carbocycles. The smallest absolute Gasteiger partial charge is 0.257 e. The van der Waals surface area contributed by atoms with Crippen LogP contribution in [0.4, 0.5) is 5.69 Å². The number of hydrogen-bond donors (Lipinski definition) is 1. The predicted octanol–water partition coefficient (Wildman–Crippen LogP) is 2.85. The van der Waals surface area contributed by atoms with Gasteiger partial charge < -0.3 is 10.2 Å². The summed E-state index contributed by atoms with van der Waals surface area (Å²) in [6.07, 6.45) is 3.30. The molecule has 100 valence electrons. The molecule has 0 atom stereocenters. The molecular formula is C14H17N3OS. The molecule has 0 unspecified atom stereocenters. The lowest BCUT2D eigenvalue weighted by atomic mass is 10.2. The van der Waals surface area contributed by atoms with Crippen LogP contribution in [-0.4, -0.2) is 29.4 Å². The number of amides is 1. The minimum absolute atomic E-state index is 0.0162. The number of pyridine rings is 1. The van der Waals surface area contributed by atoms with Gasteiger partial charge in [-0.3, -0.25) is 9.78 Å². The fourth-order valence-electron chi connectivity index (χ4n) is 1.82. The van der Waals surface area contributed by atoms with Gasteiger partial charge in [0, 0.05) is 30.9 Å². The van der Waals surface area contributed by atoms with Crippen LogP contribution >= 0.6 is 11.3 Å². The summed E-state index contributed by atoms with van der Waals surface area (Å²) in [6, 6.07) is 5.85. The van der Waals surface area contributed by atoms with Gasteiger partial charge in [-0.2, -0.15) is 0 Å². The van der Waals surface area contributed by atoms with Crippen LogP contribution in [0, 0.1) is 0 Å². The average Bonchev–Trinajstić information content (AvgIpc) is 2.92. The lowest BCUT2D eigenvalue weighted by Crippen LogP contribution is -2.26. The van der Waals surface area contributed by atoms with E-state index in [1.54, 1.807) is 28.6 Å². The number of thiophene rings is 1. The molecule has 0 bridgehead atoms. The molecule has 2 aromatic rings. The van der Waals surface area contributed by atoms with E-state index in [2.05, 4.69) is 10.3 Å². The van der Waals surface area contributed by atoms with E-state index < -0.39 is 0 Å². The van der Waals surface area contributed by atoms with Gasteiger partial charge in [0.15, 0.2) is 0 Å². The highest BCUT2D eigenvalue weighted by molar-refractivity contribution is 7.09. The second kappa shape index (κ2) is 6.33. The fourth-order valence-corrected chi connectivity index (χ4v) is 2.58. The molecule has 0 aliphatic heterocycles. The van der Waals surface area contributed by atoms with Crippen molar-refractivity contribution in [1.82, 2.24) is 9.88 Å². The van der Waals surface area contributed by atoms with Crippen LogP contribution in [0.15, 0.2) is 36.0 Å². The predicted molar refractivity (Wildman–Crippen MR) is 78.5 cm³/mol. The number of carbonyl (C=O) groups is 1. The Morgan fingerprint density at radius 1 is 1.47 bits per heavy atom. The first-order valence-corrected chi connectivity index (χ1v) is 7.06. The summed E-state index contributed by atoms with van der Waals surface area (Å²) in [5.74, 6) is -0.0162. The summed E-state index contributed by atoms with van der Waals surface area (Å²) < 4.78 is 0. The molecule has 2 aromatic heterocycles. The van der Waals surface area contributed by atoms with Crippen molar-refractivity contribution in [3.05, 3.63) is 46.4 Å². The van der Waals surface area contributed by atoms with Crippen LogP contribution in [0.1, 0.15) is 22.2 Å². The average molecular weight is 275 g/mol. The van der Waals surface area contributed by atoms with Crippen molar-refractivity contribution < 1.29 is 4.79 Å². The quantitative estimate of drug-likeness (QED) is 0.912. The van der Waals surface area contributed by atoms with Gasteiger partial charge in [0.1, 0.15) is 0 Å². The molecule has 19 heavy (non-hydrogen) atoms. The Morgan fingerprint density at radius 3 is 3.00 bits per heavy atom. The Hall–Kier alpha value is -1.88. The van der Waals surface area contributed by atoms with E-state index in [-0.39, 0.29) is 5.91 Å². The van der Waals surface area contributed by atoms with E-state index in [0.717, 1.165) is 12.2 Å².